The van der Waals surface area contributed by atoms with E-state index in [1.165, 1.54) is 13.8 Å². The van der Waals surface area contributed by atoms with Crippen molar-refractivity contribution in [2.24, 2.45) is 5.92 Å². The number of carbonyl (C=O) groups is 3. The van der Waals surface area contributed by atoms with E-state index < -0.39 is 29.0 Å². The van der Waals surface area contributed by atoms with E-state index in [9.17, 15) is 14.4 Å². The molecule has 0 bridgehead atoms. The van der Waals surface area contributed by atoms with Crippen LogP contribution in [0.25, 0.3) is 0 Å². The Morgan fingerprint density at radius 3 is 2.18 bits per heavy atom. The van der Waals surface area contributed by atoms with Gasteiger partial charge in [-0.25, -0.2) is 14.5 Å². The van der Waals surface area contributed by atoms with Crippen LogP contribution in [0.15, 0.2) is 0 Å². The van der Waals surface area contributed by atoms with Gasteiger partial charge in [-0.1, -0.05) is 13.8 Å². The fourth-order valence-corrected chi connectivity index (χ4v) is 1.65. The summed E-state index contributed by atoms with van der Waals surface area (Å²) in [6, 6.07) is -0.654. The summed E-state index contributed by atoms with van der Waals surface area (Å²) in [4.78, 5) is 35.9. The highest BCUT2D eigenvalue weighted by atomic mass is 16.4. The number of carboxylic acids is 1. The molecule has 0 aromatic carbocycles. The number of rotatable bonds is 3. The Labute approximate surface area is 100.0 Å². The summed E-state index contributed by atoms with van der Waals surface area (Å²) in [7, 11) is 0. The van der Waals surface area contributed by atoms with Crippen LogP contribution < -0.4 is 5.32 Å². The molecule has 96 valence electrons. The summed E-state index contributed by atoms with van der Waals surface area (Å²) >= 11 is 0. The molecule has 1 aliphatic rings. The molecule has 1 aliphatic heterocycles. The first-order valence-electron chi connectivity index (χ1n) is 5.45. The molecule has 0 aromatic heterocycles. The zero-order valence-corrected chi connectivity index (χ0v) is 10.7. The third kappa shape index (κ3) is 1.77. The third-order valence-electron chi connectivity index (χ3n) is 3.45. The molecule has 1 atom stereocenters. The van der Waals surface area contributed by atoms with E-state index in [-0.39, 0.29) is 5.92 Å². The van der Waals surface area contributed by atoms with Gasteiger partial charge in [0.05, 0.1) is 0 Å². The number of hydrogen-bond acceptors (Lipinski definition) is 3. The quantitative estimate of drug-likeness (QED) is 0.717. The Balaban J connectivity index is 3.19. The molecule has 1 heterocycles. The third-order valence-corrected chi connectivity index (χ3v) is 3.45. The number of nitrogens with zero attached hydrogens (tertiary/aromatic N) is 1. The first-order chi connectivity index (χ1) is 7.55. The van der Waals surface area contributed by atoms with Gasteiger partial charge in [0.15, 0.2) is 0 Å². The summed E-state index contributed by atoms with van der Waals surface area (Å²) in [6.07, 6.45) is 0. The van der Waals surface area contributed by atoms with Crippen LogP contribution >= 0.6 is 0 Å². The van der Waals surface area contributed by atoms with Crippen LogP contribution in [0.4, 0.5) is 4.79 Å². The van der Waals surface area contributed by atoms with E-state index in [1.54, 1.807) is 20.8 Å². The Morgan fingerprint density at radius 2 is 1.88 bits per heavy atom. The maximum absolute atomic E-state index is 12.2. The molecule has 1 unspecified atom stereocenters. The van der Waals surface area contributed by atoms with Crippen LogP contribution in [0.1, 0.15) is 34.6 Å². The smallest absolute Gasteiger partial charge is 0.329 e. The van der Waals surface area contributed by atoms with Crippen molar-refractivity contribution in [1.82, 2.24) is 10.2 Å². The molecular weight excluding hydrogens is 224 g/mol. The molecule has 6 nitrogen and oxygen atoms in total. The second kappa shape index (κ2) is 3.72. The van der Waals surface area contributed by atoms with Gasteiger partial charge >= 0.3 is 12.0 Å². The zero-order valence-electron chi connectivity index (χ0n) is 10.7. The minimum atomic E-state index is -1.55. The first-order valence-corrected chi connectivity index (χ1v) is 5.45. The molecule has 2 N–H and O–H groups in total. The Bertz CT molecular complexity index is 389. The average molecular weight is 242 g/mol. The summed E-state index contributed by atoms with van der Waals surface area (Å²) < 4.78 is 0. The van der Waals surface area contributed by atoms with Crippen molar-refractivity contribution < 1.29 is 19.5 Å². The standard InChI is InChI=1S/C11H18N2O4/c1-6(2)11(5)7(14)13(9(17)12-11)10(3,4)8(15)16/h6H,1-5H3,(H,12,17)(H,15,16). The zero-order chi connectivity index (χ0) is 13.6. The molecule has 1 rings (SSSR count). The monoisotopic (exact) mass is 242 g/mol. The topological polar surface area (TPSA) is 86.7 Å². The van der Waals surface area contributed by atoms with Crippen LogP contribution in [0, 0.1) is 5.92 Å². The maximum Gasteiger partial charge on any atom is 0.329 e. The highest BCUT2D eigenvalue weighted by Gasteiger charge is 2.56. The van der Waals surface area contributed by atoms with Gasteiger partial charge in [-0.2, -0.15) is 0 Å². The SMILES string of the molecule is CC(C)C1(C)NC(=O)N(C(C)(C)C(=O)O)C1=O. The van der Waals surface area contributed by atoms with Crippen molar-refractivity contribution in [3.05, 3.63) is 0 Å². The van der Waals surface area contributed by atoms with Crippen LogP contribution in [0.5, 0.6) is 0 Å². The predicted molar refractivity (Wildman–Crippen MR) is 60.3 cm³/mol. The minimum Gasteiger partial charge on any atom is -0.480 e. The molecule has 1 fully saturated rings. The number of nitrogens with one attached hydrogen (secondary N) is 1. The molecule has 3 amide bonds. The van der Waals surface area contributed by atoms with Crippen molar-refractivity contribution in [1.29, 1.82) is 0 Å². The summed E-state index contributed by atoms with van der Waals surface area (Å²) in [5.74, 6) is -1.83. The van der Waals surface area contributed by atoms with Gasteiger partial charge in [-0.05, 0) is 26.7 Å². The lowest BCUT2D eigenvalue weighted by molar-refractivity contribution is -0.153. The van der Waals surface area contributed by atoms with Gasteiger partial charge in [0.2, 0.25) is 0 Å². The highest BCUT2D eigenvalue weighted by molar-refractivity contribution is 6.10. The number of hydrogen-bond donors (Lipinski definition) is 2. The molecule has 0 aliphatic carbocycles. The average Bonchev–Trinajstić information content (AvgIpc) is 2.38. The molecule has 0 radical (unpaired) electrons. The van der Waals surface area contributed by atoms with Crippen molar-refractivity contribution in [3.8, 4) is 0 Å². The first kappa shape index (κ1) is 13.5. The molecule has 6 heteroatoms. The second-order valence-corrected chi connectivity index (χ2v) is 5.29. The van der Waals surface area contributed by atoms with E-state index in [0.717, 1.165) is 4.90 Å². The van der Waals surface area contributed by atoms with Gasteiger partial charge in [0, 0.05) is 0 Å². The van der Waals surface area contributed by atoms with Crippen molar-refractivity contribution in [3.63, 3.8) is 0 Å². The van der Waals surface area contributed by atoms with E-state index >= 15 is 0 Å². The Hall–Kier alpha value is -1.59. The van der Waals surface area contributed by atoms with E-state index in [0.29, 0.717) is 0 Å². The van der Waals surface area contributed by atoms with Gasteiger partial charge in [0.25, 0.3) is 5.91 Å². The molecular formula is C11H18N2O4. The minimum absolute atomic E-state index is 0.117. The van der Waals surface area contributed by atoms with Gasteiger partial charge in [-0.15, -0.1) is 0 Å². The molecule has 1 saturated heterocycles. The van der Waals surface area contributed by atoms with Crippen molar-refractivity contribution in [2.75, 3.05) is 0 Å². The summed E-state index contributed by atoms with van der Waals surface area (Å²) in [6.45, 7) is 7.87. The van der Waals surface area contributed by atoms with Crippen molar-refractivity contribution >= 4 is 17.9 Å². The number of carboxylic acid groups (broad SMARTS) is 1. The van der Waals surface area contributed by atoms with Gasteiger partial charge in [0.1, 0.15) is 11.1 Å². The second-order valence-electron chi connectivity index (χ2n) is 5.29. The van der Waals surface area contributed by atoms with E-state index in [2.05, 4.69) is 5.32 Å². The number of urea groups is 1. The molecule has 17 heavy (non-hydrogen) atoms. The predicted octanol–water partition coefficient (Wildman–Crippen LogP) is 0.816. The van der Waals surface area contributed by atoms with E-state index in [4.69, 9.17) is 5.11 Å². The molecule has 0 spiro atoms. The van der Waals surface area contributed by atoms with Crippen LogP contribution in [-0.4, -0.2) is 39.0 Å². The number of carbonyl (C=O) groups excluding carboxylic acids is 2. The lowest BCUT2D eigenvalue weighted by atomic mass is 9.87. The highest BCUT2D eigenvalue weighted by Crippen LogP contribution is 2.30. The lowest BCUT2D eigenvalue weighted by Gasteiger charge is -2.31. The Morgan fingerprint density at radius 1 is 1.41 bits per heavy atom. The van der Waals surface area contributed by atoms with Crippen LogP contribution in [0.3, 0.4) is 0 Å². The number of imide groups is 1. The molecule has 0 saturated carbocycles. The van der Waals surface area contributed by atoms with Gasteiger partial charge in [-0.3, -0.25) is 4.79 Å². The van der Waals surface area contributed by atoms with Crippen LogP contribution in [-0.2, 0) is 9.59 Å². The van der Waals surface area contributed by atoms with Crippen LogP contribution in [0.2, 0.25) is 0 Å². The molecule has 0 aromatic rings. The summed E-state index contributed by atoms with van der Waals surface area (Å²) in [5, 5.41) is 11.6. The Kier molecular flexibility index (Phi) is 2.94. The summed E-state index contributed by atoms with van der Waals surface area (Å²) in [5.41, 5.74) is -2.59. The lowest BCUT2D eigenvalue weighted by Crippen LogP contribution is -2.55. The number of aliphatic carboxylic acids is 1. The number of amides is 3. The maximum atomic E-state index is 12.2. The van der Waals surface area contributed by atoms with Crippen molar-refractivity contribution in [2.45, 2.75) is 45.7 Å². The fourth-order valence-electron chi connectivity index (χ4n) is 1.65. The van der Waals surface area contributed by atoms with Gasteiger partial charge < -0.3 is 10.4 Å². The largest absolute Gasteiger partial charge is 0.480 e. The van der Waals surface area contributed by atoms with E-state index in [1.807, 2.05) is 0 Å². The normalized spacial score (nSPS) is 25.4. The fraction of sp³-hybridized carbons (Fsp3) is 0.727.